The Bertz CT molecular complexity index is 2410. The molecule has 9 atom stereocenters. The van der Waals surface area contributed by atoms with Crippen molar-refractivity contribution >= 4 is 59.7 Å². The van der Waals surface area contributed by atoms with Crippen molar-refractivity contribution in [2.75, 3.05) is 0 Å². The monoisotopic (exact) mass is 1110 g/mol. The molecule has 79 heavy (non-hydrogen) atoms. The van der Waals surface area contributed by atoms with Gasteiger partial charge in [-0.15, -0.1) is 0 Å². The number of esters is 7. The first-order valence-corrected chi connectivity index (χ1v) is 25.2. The third kappa shape index (κ3) is 27.4. The average molecular weight is 1110 g/mol. The van der Waals surface area contributed by atoms with Crippen LogP contribution in [0.25, 0.3) is 0 Å². The van der Waals surface area contributed by atoms with Crippen molar-refractivity contribution in [3.63, 3.8) is 0 Å². The zero-order valence-electron chi connectivity index (χ0n) is 45.6. The second-order valence-corrected chi connectivity index (χ2v) is 19.0. The molecule has 3 aromatic rings. The van der Waals surface area contributed by atoms with Gasteiger partial charge in [0.15, 0.2) is 6.10 Å². The number of rotatable bonds is 29. The zero-order chi connectivity index (χ0) is 59.9. The van der Waals surface area contributed by atoms with Crippen LogP contribution in [-0.2, 0) is 101 Å². The van der Waals surface area contributed by atoms with Crippen LogP contribution in [0.1, 0.15) is 97.8 Å². The number of carbonyl (C=O) groups excluding carboxylic acids is 7. The van der Waals surface area contributed by atoms with Gasteiger partial charge in [-0.25, -0.2) is 14.4 Å². The Morgan fingerprint density at radius 3 is 0.987 bits per heavy atom. The van der Waals surface area contributed by atoms with E-state index in [4.69, 9.17) is 66.3 Å². The molecule has 24 heteroatoms. The highest BCUT2D eigenvalue weighted by Gasteiger charge is 2.40. The van der Waals surface area contributed by atoms with Gasteiger partial charge in [0.05, 0.1) is 19.3 Å². The molecule has 0 bridgehead atoms. The Morgan fingerprint density at radius 1 is 0.405 bits per heavy atom. The summed E-state index contributed by atoms with van der Waals surface area (Å²) in [5, 5.41) is 27.8. The van der Waals surface area contributed by atoms with Crippen molar-refractivity contribution in [1.29, 1.82) is 0 Å². The summed E-state index contributed by atoms with van der Waals surface area (Å²) >= 11 is 0. The molecule has 0 heterocycles. The lowest BCUT2D eigenvalue weighted by molar-refractivity contribution is -0.184. The van der Waals surface area contributed by atoms with Gasteiger partial charge in [0.1, 0.15) is 44.0 Å². The topological polar surface area (TPSA) is 400 Å². The van der Waals surface area contributed by atoms with Gasteiger partial charge in [0, 0.05) is 0 Å². The maximum atomic E-state index is 12.4. The summed E-state index contributed by atoms with van der Waals surface area (Å²) in [7, 11) is 0. The van der Waals surface area contributed by atoms with Gasteiger partial charge in [-0.05, 0) is 40.4 Å². The number of nitrogens with two attached hydrogens (primary N) is 4. The van der Waals surface area contributed by atoms with Gasteiger partial charge in [-0.2, -0.15) is 0 Å². The van der Waals surface area contributed by atoms with Crippen molar-refractivity contribution in [3.8, 4) is 0 Å². The summed E-state index contributed by atoms with van der Waals surface area (Å²) in [6, 6.07) is 22.6. The number of carboxylic acid groups (broad SMARTS) is 3. The van der Waals surface area contributed by atoms with Gasteiger partial charge in [0.25, 0.3) is 0 Å². The van der Waals surface area contributed by atoms with Crippen molar-refractivity contribution in [2.45, 2.75) is 149 Å². The molecular formula is C55H76N4O20. The van der Waals surface area contributed by atoms with E-state index in [2.05, 4.69) is 0 Å². The number of aliphatic carboxylic acids is 3. The van der Waals surface area contributed by atoms with Crippen LogP contribution in [-0.4, -0.2) is 124 Å². The van der Waals surface area contributed by atoms with Crippen LogP contribution in [0.5, 0.6) is 0 Å². The van der Waals surface area contributed by atoms with E-state index in [1.54, 1.807) is 127 Å². The van der Waals surface area contributed by atoms with E-state index in [0.717, 1.165) is 11.1 Å². The lowest BCUT2D eigenvalue weighted by Gasteiger charge is -2.27. The minimum absolute atomic E-state index is 0.0193. The molecule has 11 N–H and O–H groups in total. The summed E-state index contributed by atoms with van der Waals surface area (Å²) in [5.74, 6) is -11.5. The van der Waals surface area contributed by atoms with Crippen LogP contribution < -0.4 is 22.9 Å². The fourth-order valence-electron chi connectivity index (χ4n) is 5.88. The second-order valence-electron chi connectivity index (χ2n) is 19.0. The van der Waals surface area contributed by atoms with Crippen molar-refractivity contribution < 1.29 is 96.4 Å². The van der Waals surface area contributed by atoms with Crippen LogP contribution in [0.3, 0.4) is 0 Å². The van der Waals surface area contributed by atoms with Crippen LogP contribution >= 0.6 is 0 Å². The second kappa shape index (κ2) is 36.3. The molecule has 0 aliphatic rings. The fourth-order valence-corrected chi connectivity index (χ4v) is 5.88. The van der Waals surface area contributed by atoms with Gasteiger partial charge in [-0.3, -0.25) is 33.6 Å². The highest BCUT2D eigenvalue weighted by atomic mass is 16.6. The van der Waals surface area contributed by atoms with Gasteiger partial charge in [0.2, 0.25) is 18.3 Å². The Hall–Kier alpha value is -7.80. The molecule has 436 valence electrons. The molecule has 0 aliphatic heterocycles. The summed E-state index contributed by atoms with van der Waals surface area (Å²) < 4.78 is 35.0. The Morgan fingerprint density at radius 2 is 0.696 bits per heavy atom. The molecule has 4 unspecified atom stereocenters. The Kier molecular flexibility index (Phi) is 31.8. The quantitative estimate of drug-likeness (QED) is 0.0386. The third-order valence-corrected chi connectivity index (χ3v) is 11.5. The number of hydrogen-bond acceptors (Lipinski definition) is 21. The smallest absolute Gasteiger partial charge is 0.349 e. The Labute approximate surface area is 458 Å². The molecular weight excluding hydrogens is 1040 g/mol. The molecule has 0 saturated heterocycles. The molecule has 0 amide bonds. The minimum atomic E-state index is -1.97. The number of hydrogen-bond donors (Lipinski definition) is 7. The highest BCUT2D eigenvalue weighted by molar-refractivity contribution is 5.86. The van der Waals surface area contributed by atoms with Crippen molar-refractivity contribution in [3.05, 3.63) is 108 Å². The fraction of sp³-hybridized carbons (Fsp3) is 0.491. The third-order valence-electron chi connectivity index (χ3n) is 11.5. The molecule has 3 rings (SSSR count). The molecule has 0 radical (unpaired) electrons. The van der Waals surface area contributed by atoms with Crippen LogP contribution in [0.15, 0.2) is 91.0 Å². The van der Waals surface area contributed by atoms with Crippen molar-refractivity contribution in [2.24, 2.45) is 46.6 Å². The summed E-state index contributed by atoms with van der Waals surface area (Å²) in [6.07, 6.45) is -8.01. The maximum Gasteiger partial charge on any atom is 0.349 e. The van der Waals surface area contributed by atoms with Gasteiger partial charge >= 0.3 is 59.7 Å². The van der Waals surface area contributed by atoms with Crippen molar-refractivity contribution in [1.82, 2.24) is 0 Å². The molecule has 0 spiro atoms. The van der Waals surface area contributed by atoms with E-state index in [1.807, 2.05) is 19.1 Å². The van der Waals surface area contributed by atoms with E-state index in [0.29, 0.717) is 12.0 Å². The lowest BCUT2D eigenvalue weighted by atomic mass is 10.0. The first-order valence-electron chi connectivity index (χ1n) is 25.2. The molecule has 0 aromatic heterocycles. The standard InChI is InChI=1S/C22H32N2O8.C17H23NO6.C16H21NO6/c1-12(2)17(23)21(28)31-15(10-16(25)30-11-14-8-6-5-7-9-14)19(20(26)27)32-22(29)18(24)13(3)4;1-3-11(2)15(18)17(22)24-13(16(20)21)9-14(19)23-10-12-7-5-4-6-8-12;1-10(2)14(17)16(21)23-12(15(19)20)8-13(18)22-9-11-6-4-3-5-7-11/h5-9,12-13,15,17-19H,10-11,23-24H2,1-4H3,(H,26,27);4-8,11,13,15H,3,9-10,18H2,1-2H3,(H,20,21);3-7,10,12,14H,8-9,17H2,1-2H3,(H,19,20)/t15?,17-,18-,19?;11-,13?,15-;12?,14-/m000/s1. The van der Waals surface area contributed by atoms with Crippen LogP contribution in [0.4, 0.5) is 0 Å². The summed E-state index contributed by atoms with van der Waals surface area (Å²) in [6.45, 7) is 13.6. The number of benzene rings is 3. The van der Waals surface area contributed by atoms with Gasteiger partial charge in [-0.1, -0.05) is 153 Å². The minimum Gasteiger partial charge on any atom is -0.478 e. The van der Waals surface area contributed by atoms with Crippen LogP contribution in [0.2, 0.25) is 0 Å². The number of carbonyl (C=O) groups is 10. The lowest BCUT2D eigenvalue weighted by Crippen LogP contribution is -2.49. The number of carboxylic acids is 3. The van der Waals surface area contributed by atoms with Gasteiger partial charge < -0.3 is 71.4 Å². The molecule has 3 aromatic carbocycles. The number of ether oxygens (including phenoxy) is 7. The predicted octanol–water partition coefficient (Wildman–Crippen LogP) is 3.58. The first-order chi connectivity index (χ1) is 37.1. The molecule has 0 fully saturated rings. The van der Waals surface area contributed by atoms with E-state index < -0.39 is 128 Å². The highest BCUT2D eigenvalue weighted by Crippen LogP contribution is 2.17. The SMILES string of the molecule is CC(C)[C@H](N)C(=O)OC(CC(=O)OCc1ccccc1)C(=O)O.CC(C)[C@H](N)C(=O)OC(CC(=O)OCc1ccccc1)C(OC(=O)[C@@H](N)C(C)C)C(=O)O.CC[C@H](C)[C@H](N)C(=O)OC(CC(=O)OCc1ccccc1)C(=O)O. The normalized spacial score (nSPS) is 14.2. The van der Waals surface area contributed by atoms with E-state index >= 15 is 0 Å². The van der Waals surface area contributed by atoms with E-state index in [-0.39, 0.29) is 43.5 Å². The zero-order valence-corrected chi connectivity index (χ0v) is 45.6. The van der Waals surface area contributed by atoms with E-state index in [9.17, 15) is 53.1 Å². The molecule has 24 nitrogen and oxygen atoms in total. The summed E-state index contributed by atoms with van der Waals surface area (Å²) in [4.78, 5) is 118. The maximum absolute atomic E-state index is 12.4. The van der Waals surface area contributed by atoms with E-state index in [1.165, 1.54) is 0 Å². The summed E-state index contributed by atoms with van der Waals surface area (Å²) in [5.41, 5.74) is 25.0. The molecule has 0 aliphatic carbocycles. The average Bonchev–Trinajstić information content (AvgIpc) is 3.41. The largest absolute Gasteiger partial charge is 0.478 e. The molecule has 0 saturated carbocycles. The predicted molar refractivity (Wildman–Crippen MR) is 281 cm³/mol. The Balaban J connectivity index is 0.000000604. The first kappa shape index (κ1) is 69.2. The van der Waals surface area contributed by atoms with Crippen LogP contribution in [0, 0.1) is 23.7 Å².